The molecule has 2 aromatic carbocycles. The largest absolute Gasteiger partial charge is 0.465 e. The second-order valence-corrected chi connectivity index (χ2v) is 7.49. The van der Waals surface area contributed by atoms with Crippen LogP contribution in [-0.4, -0.2) is 36.7 Å². The Bertz CT molecular complexity index is 962. The highest BCUT2D eigenvalue weighted by Crippen LogP contribution is 2.53. The molecule has 0 saturated carbocycles. The fourth-order valence-electron chi connectivity index (χ4n) is 4.71. The third-order valence-electron chi connectivity index (χ3n) is 5.88. The van der Waals surface area contributed by atoms with E-state index in [1.807, 2.05) is 61.5 Å². The van der Waals surface area contributed by atoms with Crippen molar-refractivity contribution in [1.82, 2.24) is 0 Å². The van der Waals surface area contributed by atoms with E-state index in [4.69, 9.17) is 9.47 Å². The highest BCUT2D eigenvalue weighted by atomic mass is 16.6. The van der Waals surface area contributed by atoms with Gasteiger partial charge in [-0.1, -0.05) is 55.5 Å². The molecule has 0 radical (unpaired) electrons. The van der Waals surface area contributed by atoms with Crippen molar-refractivity contribution in [2.45, 2.75) is 25.0 Å². The Morgan fingerprint density at radius 1 is 1.26 bits per heavy atom. The van der Waals surface area contributed by atoms with Gasteiger partial charge in [0.1, 0.15) is 11.5 Å². The molecule has 2 aromatic rings. The number of nitrogens with zero attached hydrogens (tertiary/aromatic N) is 1. The molecule has 5 rings (SSSR count). The summed E-state index contributed by atoms with van der Waals surface area (Å²) in [6.07, 6.45) is 4.27. The molecule has 2 saturated heterocycles. The summed E-state index contributed by atoms with van der Waals surface area (Å²) in [5, 5.41) is 2.10. The summed E-state index contributed by atoms with van der Waals surface area (Å²) in [5.41, 5.74) is 0.136. The third-order valence-corrected chi connectivity index (χ3v) is 5.88. The van der Waals surface area contributed by atoms with Crippen molar-refractivity contribution in [2.24, 2.45) is 11.8 Å². The van der Waals surface area contributed by atoms with Gasteiger partial charge in [-0.05, 0) is 17.9 Å². The van der Waals surface area contributed by atoms with Crippen molar-refractivity contribution in [3.63, 3.8) is 0 Å². The van der Waals surface area contributed by atoms with Crippen molar-refractivity contribution >= 4 is 28.3 Å². The maximum Gasteiger partial charge on any atom is 0.312 e. The summed E-state index contributed by atoms with van der Waals surface area (Å²) >= 11 is 0. The molecule has 3 aliphatic rings. The van der Waals surface area contributed by atoms with Crippen LogP contribution in [0.4, 0.5) is 5.69 Å². The molecule has 0 unspecified atom stereocenters. The number of anilines is 1. The minimum absolute atomic E-state index is 0.0587. The molecule has 1 amide bonds. The van der Waals surface area contributed by atoms with E-state index >= 15 is 0 Å². The van der Waals surface area contributed by atoms with Crippen molar-refractivity contribution < 1.29 is 19.1 Å². The molecule has 0 aromatic heterocycles. The van der Waals surface area contributed by atoms with Crippen LogP contribution >= 0.6 is 0 Å². The second kappa shape index (κ2) is 5.92. The van der Waals surface area contributed by atoms with Crippen molar-refractivity contribution in [3.8, 4) is 0 Å². The predicted octanol–water partition coefficient (Wildman–Crippen LogP) is 3.08. The van der Waals surface area contributed by atoms with E-state index in [2.05, 4.69) is 0 Å². The molecule has 5 heteroatoms. The summed E-state index contributed by atoms with van der Waals surface area (Å²) in [4.78, 5) is 27.8. The lowest BCUT2D eigenvalue weighted by molar-refractivity contribution is -0.152. The van der Waals surface area contributed by atoms with Crippen molar-refractivity contribution in [3.05, 3.63) is 54.6 Å². The molecule has 2 bridgehead atoms. The van der Waals surface area contributed by atoms with Gasteiger partial charge in [0.25, 0.3) is 0 Å². The molecular formula is C22H21NO4. The Balaban J connectivity index is 1.53. The normalized spacial score (nSPS) is 30.9. The Kier molecular flexibility index (Phi) is 3.62. The maximum absolute atomic E-state index is 13.4. The monoisotopic (exact) mass is 363 g/mol. The minimum atomic E-state index is -0.728. The first-order valence-corrected chi connectivity index (χ1v) is 9.47. The highest BCUT2D eigenvalue weighted by Gasteiger charge is 2.67. The molecule has 3 aliphatic heterocycles. The first-order chi connectivity index (χ1) is 13.1. The Labute approximate surface area is 157 Å². The van der Waals surface area contributed by atoms with Crippen LogP contribution in [0.2, 0.25) is 0 Å². The molecule has 0 N–H and O–H groups in total. The number of rotatable bonds is 4. The summed E-state index contributed by atoms with van der Waals surface area (Å²) in [7, 11) is 0. The van der Waals surface area contributed by atoms with Gasteiger partial charge < -0.3 is 14.4 Å². The van der Waals surface area contributed by atoms with Crippen LogP contribution in [0.15, 0.2) is 54.6 Å². The third kappa shape index (κ3) is 2.28. The second-order valence-electron chi connectivity index (χ2n) is 7.49. The number of amides is 1. The minimum Gasteiger partial charge on any atom is -0.465 e. The molecule has 3 heterocycles. The molecule has 1 spiro atoms. The number of carbonyl (C=O) groups excluding carboxylic acids is 2. The van der Waals surface area contributed by atoms with E-state index in [-0.39, 0.29) is 18.0 Å². The van der Waals surface area contributed by atoms with Gasteiger partial charge in [0.15, 0.2) is 0 Å². The lowest BCUT2D eigenvalue weighted by Crippen LogP contribution is -2.40. The van der Waals surface area contributed by atoms with Crippen LogP contribution in [0.1, 0.15) is 13.3 Å². The zero-order valence-electron chi connectivity index (χ0n) is 15.1. The predicted molar refractivity (Wildman–Crippen MR) is 101 cm³/mol. The first-order valence-electron chi connectivity index (χ1n) is 9.47. The summed E-state index contributed by atoms with van der Waals surface area (Å²) in [6.45, 7) is 2.75. The fourth-order valence-corrected chi connectivity index (χ4v) is 4.71. The number of hydrogen-bond acceptors (Lipinski definition) is 4. The van der Waals surface area contributed by atoms with Gasteiger partial charge in [-0.2, -0.15) is 0 Å². The van der Waals surface area contributed by atoms with Gasteiger partial charge in [-0.3, -0.25) is 9.59 Å². The van der Waals surface area contributed by atoms with Crippen LogP contribution in [0.3, 0.4) is 0 Å². The molecular weight excluding hydrogens is 342 g/mol. The van der Waals surface area contributed by atoms with Crippen LogP contribution < -0.4 is 4.90 Å². The van der Waals surface area contributed by atoms with Crippen LogP contribution in [-0.2, 0) is 19.1 Å². The summed E-state index contributed by atoms with van der Waals surface area (Å²) in [5.74, 6) is -1.47. The van der Waals surface area contributed by atoms with Gasteiger partial charge >= 0.3 is 5.97 Å². The topological polar surface area (TPSA) is 55.8 Å². The number of ether oxygens (including phenoxy) is 2. The fraction of sp³-hybridized carbons (Fsp3) is 0.364. The van der Waals surface area contributed by atoms with Gasteiger partial charge in [0, 0.05) is 5.39 Å². The molecule has 5 nitrogen and oxygen atoms in total. The number of fused-ring (bicyclic) bond motifs is 2. The van der Waals surface area contributed by atoms with E-state index in [9.17, 15) is 9.59 Å². The molecule has 0 aliphatic carbocycles. The van der Waals surface area contributed by atoms with Gasteiger partial charge in [-0.15, -0.1) is 0 Å². The van der Waals surface area contributed by atoms with Gasteiger partial charge in [0.05, 0.1) is 30.9 Å². The van der Waals surface area contributed by atoms with Crippen molar-refractivity contribution in [2.75, 3.05) is 18.1 Å². The van der Waals surface area contributed by atoms with E-state index in [1.165, 1.54) is 0 Å². The quantitative estimate of drug-likeness (QED) is 0.619. The molecule has 27 heavy (non-hydrogen) atoms. The number of benzene rings is 2. The van der Waals surface area contributed by atoms with E-state index in [0.717, 1.165) is 22.9 Å². The lowest BCUT2D eigenvalue weighted by Gasteiger charge is -2.22. The zero-order chi connectivity index (χ0) is 18.6. The average molecular weight is 363 g/mol. The highest BCUT2D eigenvalue weighted by molar-refractivity contribution is 6.08. The Morgan fingerprint density at radius 3 is 2.93 bits per heavy atom. The standard InChI is InChI=1S/C22H21NO4/c1-2-12-26-21(25)18-17-10-11-22(27-17)13-23(20(24)19(18)22)16-9-5-7-14-6-3-4-8-15(14)16/h3-11,17-19H,2,12-13H2,1H3/t17-,18-,19+,22-/m1/s1. The summed E-state index contributed by atoms with van der Waals surface area (Å²) < 4.78 is 11.5. The smallest absolute Gasteiger partial charge is 0.312 e. The van der Waals surface area contributed by atoms with E-state index in [1.54, 1.807) is 4.90 Å². The van der Waals surface area contributed by atoms with Crippen LogP contribution in [0.25, 0.3) is 10.8 Å². The van der Waals surface area contributed by atoms with E-state index < -0.39 is 17.4 Å². The van der Waals surface area contributed by atoms with E-state index in [0.29, 0.717) is 13.2 Å². The van der Waals surface area contributed by atoms with Crippen LogP contribution in [0.5, 0.6) is 0 Å². The maximum atomic E-state index is 13.4. The van der Waals surface area contributed by atoms with Gasteiger partial charge in [0.2, 0.25) is 5.91 Å². The Hall–Kier alpha value is -2.66. The SMILES string of the molecule is CCCOC(=O)[C@H]1[C@H]2C(=O)N(c3cccc4ccccc34)C[C@]23C=C[C@H]1O3. The molecule has 4 atom stereocenters. The zero-order valence-corrected chi connectivity index (χ0v) is 15.1. The first kappa shape index (κ1) is 16.5. The lowest BCUT2D eigenvalue weighted by atomic mass is 9.77. The Morgan fingerprint density at radius 2 is 2.07 bits per heavy atom. The van der Waals surface area contributed by atoms with Gasteiger partial charge in [-0.25, -0.2) is 0 Å². The van der Waals surface area contributed by atoms with Crippen molar-refractivity contribution in [1.29, 1.82) is 0 Å². The molecule has 138 valence electrons. The number of esters is 1. The molecule has 2 fully saturated rings. The van der Waals surface area contributed by atoms with Crippen LogP contribution in [0, 0.1) is 11.8 Å². The number of carbonyl (C=O) groups is 2. The number of hydrogen-bond donors (Lipinski definition) is 0. The summed E-state index contributed by atoms with van der Waals surface area (Å²) in [6, 6.07) is 14.0. The average Bonchev–Trinajstić information content (AvgIpc) is 3.34.